The molecule has 1 aliphatic rings. The van der Waals surface area contributed by atoms with Gasteiger partial charge in [0, 0.05) is 13.2 Å². The molecule has 0 spiro atoms. The van der Waals surface area contributed by atoms with Crippen molar-refractivity contribution in [3.8, 4) is 5.75 Å². The number of carbonyl (C=O) groups excluding carboxylic acids is 1. The van der Waals surface area contributed by atoms with Crippen LogP contribution in [0, 0.1) is 0 Å². The molecule has 1 saturated carbocycles. The van der Waals surface area contributed by atoms with Crippen LogP contribution in [0.1, 0.15) is 29.6 Å². The summed E-state index contributed by atoms with van der Waals surface area (Å²) >= 11 is 0. The van der Waals surface area contributed by atoms with E-state index in [1.54, 1.807) is 24.1 Å². The van der Waals surface area contributed by atoms with Gasteiger partial charge in [-0.05, 0) is 31.4 Å². The molecule has 1 heterocycles. The molecule has 1 aliphatic carbocycles. The number of nitrogens with one attached hydrogen (secondary N) is 1. The Hall–Kier alpha value is -2.30. The third-order valence-electron chi connectivity index (χ3n) is 3.77. The maximum Gasteiger partial charge on any atom is 0.254 e. The third kappa shape index (κ3) is 3.24. The van der Waals surface area contributed by atoms with Crippen LogP contribution in [0.15, 0.2) is 42.7 Å². The minimum atomic E-state index is -0.0864. The van der Waals surface area contributed by atoms with Crippen LogP contribution in [0.3, 0.4) is 0 Å². The number of hydrogen-bond donors (Lipinski definition) is 1. The lowest BCUT2D eigenvalue weighted by atomic mass is 10.2. The summed E-state index contributed by atoms with van der Waals surface area (Å²) in [7, 11) is 1.80. The van der Waals surface area contributed by atoms with E-state index in [1.807, 2.05) is 30.3 Å². The van der Waals surface area contributed by atoms with Gasteiger partial charge < -0.3 is 10.1 Å². The molecule has 1 N–H and O–H groups in total. The average Bonchev–Trinajstić information content (AvgIpc) is 3.10. The van der Waals surface area contributed by atoms with E-state index in [4.69, 9.17) is 4.74 Å². The van der Waals surface area contributed by atoms with Crippen molar-refractivity contribution in [2.75, 3.05) is 0 Å². The summed E-state index contributed by atoms with van der Waals surface area (Å²) in [6.07, 6.45) is 6.31. The summed E-state index contributed by atoms with van der Waals surface area (Å²) in [5.74, 6) is 0.765. The van der Waals surface area contributed by atoms with Gasteiger partial charge in [-0.2, -0.15) is 5.10 Å². The first-order valence-corrected chi connectivity index (χ1v) is 7.23. The summed E-state index contributed by atoms with van der Waals surface area (Å²) in [6, 6.07) is 9.80. The average molecular weight is 285 g/mol. The minimum Gasteiger partial charge on any atom is -0.488 e. The molecular formula is C16H19N3O2. The Morgan fingerprint density at radius 2 is 2.14 bits per heavy atom. The first-order chi connectivity index (χ1) is 10.2. The molecule has 5 heteroatoms. The zero-order valence-corrected chi connectivity index (χ0v) is 12.0. The van der Waals surface area contributed by atoms with Gasteiger partial charge in [0.1, 0.15) is 11.9 Å². The predicted molar refractivity (Wildman–Crippen MR) is 79.2 cm³/mol. The molecule has 21 heavy (non-hydrogen) atoms. The molecule has 2 atom stereocenters. The van der Waals surface area contributed by atoms with E-state index in [1.165, 1.54) is 0 Å². The van der Waals surface area contributed by atoms with Gasteiger partial charge in [0.05, 0.1) is 17.8 Å². The van der Waals surface area contributed by atoms with Crippen LogP contribution in [0.2, 0.25) is 0 Å². The third-order valence-corrected chi connectivity index (χ3v) is 3.77. The topological polar surface area (TPSA) is 56.2 Å². The number of para-hydroxylation sites is 1. The number of carbonyl (C=O) groups is 1. The van der Waals surface area contributed by atoms with E-state index >= 15 is 0 Å². The number of rotatable bonds is 4. The molecule has 0 radical (unpaired) electrons. The molecule has 0 bridgehead atoms. The molecule has 5 nitrogen and oxygen atoms in total. The van der Waals surface area contributed by atoms with Crippen molar-refractivity contribution < 1.29 is 9.53 Å². The SMILES string of the molecule is Cn1cc(C(=O)N[C@H]2CCC[C@H]2Oc2ccccc2)cn1. The van der Waals surface area contributed by atoms with Gasteiger partial charge >= 0.3 is 0 Å². The van der Waals surface area contributed by atoms with Gasteiger partial charge in [0.2, 0.25) is 0 Å². The highest BCUT2D eigenvalue weighted by Crippen LogP contribution is 2.24. The Kier molecular flexibility index (Phi) is 3.90. The standard InChI is InChI=1S/C16H19N3O2/c1-19-11-12(10-17-19)16(20)18-14-8-5-9-15(14)21-13-6-3-2-4-7-13/h2-4,6-7,10-11,14-15H,5,8-9H2,1H3,(H,18,20)/t14-,15+/m0/s1. The van der Waals surface area contributed by atoms with Crippen LogP contribution < -0.4 is 10.1 Å². The smallest absolute Gasteiger partial charge is 0.254 e. The van der Waals surface area contributed by atoms with Crippen molar-refractivity contribution in [1.82, 2.24) is 15.1 Å². The molecule has 1 aromatic carbocycles. The molecule has 1 aromatic heterocycles. The van der Waals surface area contributed by atoms with Crippen LogP contribution in [-0.2, 0) is 7.05 Å². The van der Waals surface area contributed by atoms with Gasteiger partial charge in [-0.25, -0.2) is 0 Å². The first kappa shape index (κ1) is 13.7. The number of ether oxygens (including phenoxy) is 1. The lowest BCUT2D eigenvalue weighted by Crippen LogP contribution is -2.42. The monoisotopic (exact) mass is 285 g/mol. The minimum absolute atomic E-state index is 0.0352. The van der Waals surface area contributed by atoms with E-state index in [-0.39, 0.29) is 18.1 Å². The van der Waals surface area contributed by atoms with Crippen LogP contribution in [0.25, 0.3) is 0 Å². The van der Waals surface area contributed by atoms with E-state index in [0.717, 1.165) is 25.0 Å². The van der Waals surface area contributed by atoms with E-state index in [9.17, 15) is 4.79 Å². The number of benzene rings is 1. The summed E-state index contributed by atoms with van der Waals surface area (Å²) < 4.78 is 7.62. The molecular weight excluding hydrogens is 266 g/mol. The van der Waals surface area contributed by atoms with Crippen molar-refractivity contribution in [3.05, 3.63) is 48.3 Å². The zero-order valence-electron chi connectivity index (χ0n) is 12.0. The Labute approximate surface area is 123 Å². The van der Waals surface area contributed by atoms with Crippen molar-refractivity contribution in [2.24, 2.45) is 7.05 Å². The van der Waals surface area contributed by atoms with Crippen molar-refractivity contribution in [1.29, 1.82) is 0 Å². The highest BCUT2D eigenvalue weighted by atomic mass is 16.5. The molecule has 2 aromatic rings. The molecule has 0 saturated heterocycles. The van der Waals surface area contributed by atoms with Crippen LogP contribution in [0.4, 0.5) is 0 Å². The Balaban J connectivity index is 1.63. The van der Waals surface area contributed by atoms with E-state index in [2.05, 4.69) is 10.4 Å². The first-order valence-electron chi connectivity index (χ1n) is 7.23. The normalized spacial score (nSPS) is 21.2. The van der Waals surface area contributed by atoms with E-state index < -0.39 is 0 Å². The maximum atomic E-state index is 12.2. The molecule has 110 valence electrons. The summed E-state index contributed by atoms with van der Waals surface area (Å²) in [5, 5.41) is 7.09. The lowest BCUT2D eigenvalue weighted by molar-refractivity contribution is 0.0894. The largest absolute Gasteiger partial charge is 0.488 e. The second-order valence-electron chi connectivity index (χ2n) is 5.38. The van der Waals surface area contributed by atoms with Crippen molar-refractivity contribution in [3.63, 3.8) is 0 Å². The van der Waals surface area contributed by atoms with Crippen molar-refractivity contribution in [2.45, 2.75) is 31.4 Å². The highest BCUT2D eigenvalue weighted by Gasteiger charge is 2.30. The van der Waals surface area contributed by atoms with Crippen LogP contribution in [-0.4, -0.2) is 27.8 Å². The fourth-order valence-electron chi connectivity index (χ4n) is 2.70. The second kappa shape index (κ2) is 5.99. The van der Waals surface area contributed by atoms with E-state index in [0.29, 0.717) is 5.56 Å². The Bertz CT molecular complexity index is 609. The van der Waals surface area contributed by atoms with Crippen LogP contribution >= 0.6 is 0 Å². The highest BCUT2D eigenvalue weighted by molar-refractivity contribution is 5.93. The summed E-state index contributed by atoms with van der Waals surface area (Å²) in [6.45, 7) is 0. The fourth-order valence-corrected chi connectivity index (χ4v) is 2.70. The number of aromatic nitrogens is 2. The second-order valence-corrected chi connectivity index (χ2v) is 5.38. The van der Waals surface area contributed by atoms with Gasteiger partial charge in [0.15, 0.2) is 0 Å². The maximum absolute atomic E-state index is 12.2. The summed E-state index contributed by atoms with van der Waals surface area (Å²) in [4.78, 5) is 12.2. The fraction of sp³-hybridized carbons (Fsp3) is 0.375. The molecule has 0 aliphatic heterocycles. The van der Waals surface area contributed by atoms with Gasteiger partial charge in [-0.3, -0.25) is 9.48 Å². The summed E-state index contributed by atoms with van der Waals surface area (Å²) in [5.41, 5.74) is 0.586. The Morgan fingerprint density at radius 3 is 2.86 bits per heavy atom. The number of hydrogen-bond acceptors (Lipinski definition) is 3. The lowest BCUT2D eigenvalue weighted by Gasteiger charge is -2.22. The van der Waals surface area contributed by atoms with Crippen molar-refractivity contribution >= 4 is 5.91 Å². The quantitative estimate of drug-likeness (QED) is 0.936. The molecule has 0 unspecified atom stereocenters. The predicted octanol–water partition coefficient (Wildman–Crippen LogP) is 2.15. The van der Waals surface area contributed by atoms with Crippen LogP contribution in [0.5, 0.6) is 5.75 Å². The number of nitrogens with zero attached hydrogens (tertiary/aromatic N) is 2. The molecule has 3 rings (SSSR count). The number of aryl methyl sites for hydroxylation is 1. The molecule has 1 fully saturated rings. The molecule has 1 amide bonds. The zero-order chi connectivity index (χ0) is 14.7. The number of amides is 1. The van der Waals surface area contributed by atoms with Gasteiger partial charge in [-0.1, -0.05) is 18.2 Å². The van der Waals surface area contributed by atoms with Gasteiger partial charge in [0.25, 0.3) is 5.91 Å². The Morgan fingerprint density at radius 1 is 1.33 bits per heavy atom. The van der Waals surface area contributed by atoms with Gasteiger partial charge in [-0.15, -0.1) is 0 Å².